The van der Waals surface area contributed by atoms with Crippen molar-refractivity contribution in [1.29, 1.82) is 0 Å². The SMILES string of the molecule is CCCN1CCC(Nc2ncnc3c2oc2ccccc23)CC1. The van der Waals surface area contributed by atoms with E-state index in [1.165, 1.54) is 13.0 Å². The van der Waals surface area contributed by atoms with Crippen molar-refractivity contribution in [3.05, 3.63) is 30.6 Å². The zero-order valence-corrected chi connectivity index (χ0v) is 13.5. The molecule has 1 saturated heterocycles. The van der Waals surface area contributed by atoms with Gasteiger partial charge in [0, 0.05) is 24.5 Å². The lowest BCUT2D eigenvalue weighted by molar-refractivity contribution is 0.219. The minimum absolute atomic E-state index is 0.453. The fourth-order valence-electron chi connectivity index (χ4n) is 3.44. The van der Waals surface area contributed by atoms with Crippen molar-refractivity contribution < 1.29 is 4.42 Å². The van der Waals surface area contributed by atoms with Crippen molar-refractivity contribution in [2.24, 2.45) is 0 Å². The van der Waals surface area contributed by atoms with E-state index in [0.717, 1.165) is 53.8 Å². The molecule has 4 rings (SSSR count). The molecule has 5 nitrogen and oxygen atoms in total. The Kier molecular flexibility index (Phi) is 3.87. The molecule has 5 heteroatoms. The molecule has 3 heterocycles. The van der Waals surface area contributed by atoms with Crippen molar-refractivity contribution in [1.82, 2.24) is 14.9 Å². The van der Waals surface area contributed by atoms with Crippen LogP contribution in [0.2, 0.25) is 0 Å². The van der Waals surface area contributed by atoms with Gasteiger partial charge in [-0.3, -0.25) is 0 Å². The van der Waals surface area contributed by atoms with Crippen molar-refractivity contribution in [2.45, 2.75) is 32.2 Å². The predicted octanol–water partition coefficient (Wildman–Crippen LogP) is 3.66. The number of anilines is 1. The lowest BCUT2D eigenvalue weighted by Gasteiger charge is -2.32. The highest BCUT2D eigenvalue weighted by Crippen LogP contribution is 2.31. The molecule has 1 aliphatic heterocycles. The molecule has 1 fully saturated rings. The molecule has 1 aliphatic rings. The van der Waals surface area contributed by atoms with Gasteiger partial charge in [-0.05, 0) is 37.9 Å². The summed E-state index contributed by atoms with van der Waals surface area (Å²) in [6.07, 6.45) is 5.14. The Morgan fingerprint density at radius 2 is 2.04 bits per heavy atom. The van der Waals surface area contributed by atoms with E-state index >= 15 is 0 Å². The van der Waals surface area contributed by atoms with E-state index in [2.05, 4.69) is 27.1 Å². The Morgan fingerprint density at radius 3 is 2.87 bits per heavy atom. The van der Waals surface area contributed by atoms with E-state index in [1.54, 1.807) is 6.33 Å². The van der Waals surface area contributed by atoms with Gasteiger partial charge < -0.3 is 14.6 Å². The normalized spacial score (nSPS) is 17.1. The summed E-state index contributed by atoms with van der Waals surface area (Å²) >= 11 is 0. The summed E-state index contributed by atoms with van der Waals surface area (Å²) in [4.78, 5) is 11.4. The summed E-state index contributed by atoms with van der Waals surface area (Å²) in [5.41, 5.74) is 2.52. The smallest absolute Gasteiger partial charge is 0.196 e. The largest absolute Gasteiger partial charge is 0.450 e. The minimum atomic E-state index is 0.453. The van der Waals surface area contributed by atoms with Crippen LogP contribution in [-0.4, -0.2) is 40.5 Å². The highest BCUT2D eigenvalue weighted by molar-refractivity contribution is 6.05. The third kappa shape index (κ3) is 2.77. The first-order chi connectivity index (χ1) is 11.3. The molecule has 1 aromatic carbocycles. The van der Waals surface area contributed by atoms with E-state index in [-0.39, 0.29) is 0 Å². The second-order valence-electron chi connectivity index (χ2n) is 6.26. The van der Waals surface area contributed by atoms with Gasteiger partial charge in [0.15, 0.2) is 11.4 Å². The van der Waals surface area contributed by atoms with Gasteiger partial charge in [-0.25, -0.2) is 9.97 Å². The van der Waals surface area contributed by atoms with Gasteiger partial charge in [-0.1, -0.05) is 19.1 Å². The van der Waals surface area contributed by atoms with Crippen molar-refractivity contribution in [3.63, 3.8) is 0 Å². The topological polar surface area (TPSA) is 54.2 Å². The van der Waals surface area contributed by atoms with Crippen molar-refractivity contribution in [2.75, 3.05) is 25.0 Å². The Hall–Kier alpha value is -2.14. The van der Waals surface area contributed by atoms with Crippen LogP contribution in [0.5, 0.6) is 0 Å². The zero-order valence-electron chi connectivity index (χ0n) is 13.5. The van der Waals surface area contributed by atoms with Crippen LogP contribution in [0.1, 0.15) is 26.2 Å². The number of piperidine rings is 1. The third-order valence-electron chi connectivity index (χ3n) is 4.63. The van der Waals surface area contributed by atoms with Crippen molar-refractivity contribution >= 4 is 27.9 Å². The Labute approximate surface area is 135 Å². The molecule has 120 valence electrons. The van der Waals surface area contributed by atoms with Gasteiger partial charge in [0.25, 0.3) is 0 Å². The number of benzene rings is 1. The van der Waals surface area contributed by atoms with Crippen molar-refractivity contribution in [3.8, 4) is 0 Å². The number of para-hydroxylation sites is 1. The van der Waals surface area contributed by atoms with Gasteiger partial charge >= 0.3 is 0 Å². The number of rotatable bonds is 4. The molecule has 0 radical (unpaired) electrons. The van der Waals surface area contributed by atoms with Crippen LogP contribution in [0.3, 0.4) is 0 Å². The van der Waals surface area contributed by atoms with Crippen LogP contribution in [-0.2, 0) is 0 Å². The van der Waals surface area contributed by atoms with Crippen LogP contribution < -0.4 is 5.32 Å². The summed E-state index contributed by atoms with van der Waals surface area (Å²) in [5.74, 6) is 0.820. The number of aromatic nitrogens is 2. The average Bonchev–Trinajstić information content (AvgIpc) is 2.97. The van der Waals surface area contributed by atoms with E-state index < -0.39 is 0 Å². The molecule has 23 heavy (non-hydrogen) atoms. The summed E-state index contributed by atoms with van der Waals surface area (Å²) in [7, 11) is 0. The third-order valence-corrected chi connectivity index (χ3v) is 4.63. The lowest BCUT2D eigenvalue weighted by atomic mass is 10.0. The number of hydrogen-bond acceptors (Lipinski definition) is 5. The summed E-state index contributed by atoms with van der Waals surface area (Å²) in [6.45, 7) is 5.75. The van der Waals surface area contributed by atoms with Gasteiger partial charge in [0.2, 0.25) is 0 Å². The first-order valence-electron chi connectivity index (χ1n) is 8.46. The first-order valence-corrected chi connectivity index (χ1v) is 8.46. The maximum Gasteiger partial charge on any atom is 0.196 e. The number of likely N-dealkylation sites (tertiary alicyclic amines) is 1. The number of nitrogens with one attached hydrogen (secondary N) is 1. The van der Waals surface area contributed by atoms with E-state index in [4.69, 9.17) is 4.42 Å². The Bertz CT molecular complexity index is 805. The van der Waals surface area contributed by atoms with E-state index in [1.807, 2.05) is 24.3 Å². The molecular weight excluding hydrogens is 288 g/mol. The molecule has 0 unspecified atom stereocenters. The van der Waals surface area contributed by atoms with Gasteiger partial charge in [-0.2, -0.15) is 0 Å². The van der Waals surface area contributed by atoms with Crippen LogP contribution in [0.25, 0.3) is 22.1 Å². The van der Waals surface area contributed by atoms with E-state index in [9.17, 15) is 0 Å². The standard InChI is InChI=1S/C18H22N4O/c1-2-9-22-10-7-13(8-11-22)21-18-17-16(19-12-20-18)14-5-3-4-6-15(14)23-17/h3-6,12-13H,2,7-11H2,1H3,(H,19,20,21). The number of nitrogens with zero attached hydrogens (tertiary/aromatic N) is 3. The lowest BCUT2D eigenvalue weighted by Crippen LogP contribution is -2.39. The molecule has 0 aliphatic carbocycles. The second kappa shape index (κ2) is 6.16. The Balaban J connectivity index is 1.58. The fourth-order valence-corrected chi connectivity index (χ4v) is 3.44. The maximum absolute atomic E-state index is 5.99. The van der Waals surface area contributed by atoms with Crippen LogP contribution >= 0.6 is 0 Å². The second-order valence-corrected chi connectivity index (χ2v) is 6.26. The number of furan rings is 1. The van der Waals surface area contributed by atoms with Gasteiger partial charge in [-0.15, -0.1) is 0 Å². The van der Waals surface area contributed by atoms with Gasteiger partial charge in [0.05, 0.1) is 0 Å². The first kappa shape index (κ1) is 14.5. The van der Waals surface area contributed by atoms with Gasteiger partial charge in [0.1, 0.15) is 17.4 Å². The molecule has 0 amide bonds. The molecule has 0 spiro atoms. The van der Waals surface area contributed by atoms with Crippen LogP contribution in [0.4, 0.5) is 5.82 Å². The molecule has 0 saturated carbocycles. The molecule has 0 atom stereocenters. The zero-order chi connectivity index (χ0) is 15.6. The molecule has 0 bridgehead atoms. The molecular formula is C18H22N4O. The minimum Gasteiger partial charge on any atom is -0.450 e. The van der Waals surface area contributed by atoms with E-state index in [0.29, 0.717) is 6.04 Å². The fraction of sp³-hybridized carbons (Fsp3) is 0.444. The summed E-state index contributed by atoms with van der Waals surface area (Å²) < 4.78 is 5.99. The van der Waals surface area contributed by atoms with Crippen LogP contribution in [0, 0.1) is 0 Å². The Morgan fingerprint density at radius 1 is 1.22 bits per heavy atom. The van der Waals surface area contributed by atoms with Crippen LogP contribution in [0.15, 0.2) is 35.0 Å². The monoisotopic (exact) mass is 310 g/mol. The predicted molar refractivity (Wildman–Crippen MR) is 92.7 cm³/mol. The average molecular weight is 310 g/mol. The molecule has 1 N–H and O–H groups in total. The molecule has 3 aromatic rings. The highest BCUT2D eigenvalue weighted by Gasteiger charge is 2.21. The highest BCUT2D eigenvalue weighted by atomic mass is 16.3. The number of hydrogen-bond donors (Lipinski definition) is 1. The summed E-state index contributed by atoms with van der Waals surface area (Å²) in [5, 5.41) is 4.62. The maximum atomic E-state index is 5.99. The molecule has 2 aromatic heterocycles. The summed E-state index contributed by atoms with van der Waals surface area (Å²) in [6, 6.07) is 8.46. The number of fused-ring (bicyclic) bond motifs is 3. The quantitative estimate of drug-likeness (QED) is 0.797.